The van der Waals surface area contributed by atoms with E-state index in [2.05, 4.69) is 40.4 Å². The minimum absolute atomic E-state index is 0.0475. The first-order valence-corrected chi connectivity index (χ1v) is 11.5. The Bertz CT molecular complexity index is 957. The highest BCUT2D eigenvalue weighted by Crippen LogP contribution is 2.26. The monoisotopic (exact) mass is 503 g/mol. The van der Waals surface area contributed by atoms with E-state index in [4.69, 9.17) is 17.0 Å². The van der Waals surface area contributed by atoms with Crippen LogP contribution in [0, 0.1) is 5.92 Å². The Balaban J connectivity index is 1.54. The van der Waals surface area contributed by atoms with Crippen molar-refractivity contribution in [3.8, 4) is 5.75 Å². The summed E-state index contributed by atoms with van der Waals surface area (Å²) in [6.45, 7) is 6.37. The molecular weight excluding hydrogens is 478 g/mol. The highest BCUT2D eigenvalue weighted by Gasteiger charge is 2.19. The van der Waals surface area contributed by atoms with Gasteiger partial charge < -0.3 is 15.0 Å². The van der Waals surface area contributed by atoms with Crippen LogP contribution in [0.5, 0.6) is 5.75 Å². The number of thiocarbonyl (C=S) groups is 1. The van der Waals surface area contributed by atoms with Gasteiger partial charge in [0.2, 0.25) is 0 Å². The maximum atomic E-state index is 12.5. The zero-order valence-corrected chi connectivity index (χ0v) is 20.0. The van der Waals surface area contributed by atoms with Crippen LogP contribution in [0.15, 0.2) is 46.9 Å². The number of amides is 2. The van der Waals surface area contributed by atoms with Crippen LogP contribution in [0.25, 0.3) is 0 Å². The largest absolute Gasteiger partial charge is 0.492 e. The molecule has 0 aromatic heterocycles. The molecule has 2 aromatic carbocycles. The molecule has 164 valence electrons. The first-order valence-electron chi connectivity index (χ1n) is 10.3. The molecule has 0 bridgehead atoms. The van der Waals surface area contributed by atoms with Crippen molar-refractivity contribution in [1.29, 1.82) is 0 Å². The highest BCUT2D eigenvalue weighted by atomic mass is 79.9. The van der Waals surface area contributed by atoms with E-state index in [0.717, 1.165) is 25.9 Å². The minimum atomic E-state index is -0.325. The quantitative estimate of drug-likeness (QED) is 0.551. The second-order valence-corrected chi connectivity index (χ2v) is 9.10. The lowest BCUT2D eigenvalue weighted by molar-refractivity contribution is 0.0792. The van der Waals surface area contributed by atoms with E-state index in [1.54, 1.807) is 42.5 Å². The molecule has 0 spiro atoms. The van der Waals surface area contributed by atoms with E-state index >= 15 is 0 Å². The van der Waals surface area contributed by atoms with Crippen molar-refractivity contribution in [2.45, 2.75) is 26.7 Å². The fourth-order valence-corrected chi connectivity index (χ4v) is 3.86. The molecule has 6 nitrogen and oxygen atoms in total. The van der Waals surface area contributed by atoms with Gasteiger partial charge in [0, 0.05) is 29.9 Å². The molecule has 1 heterocycles. The van der Waals surface area contributed by atoms with Gasteiger partial charge in [-0.15, -0.1) is 0 Å². The molecule has 8 heteroatoms. The second-order valence-electron chi connectivity index (χ2n) is 7.83. The van der Waals surface area contributed by atoms with Gasteiger partial charge in [0.05, 0.1) is 11.1 Å². The average molecular weight is 504 g/mol. The van der Waals surface area contributed by atoms with Gasteiger partial charge in [0.15, 0.2) is 5.11 Å². The van der Waals surface area contributed by atoms with Crippen LogP contribution >= 0.6 is 28.1 Å². The van der Waals surface area contributed by atoms with E-state index in [-0.39, 0.29) is 16.9 Å². The molecule has 2 aromatic rings. The van der Waals surface area contributed by atoms with Crippen LogP contribution in [0.4, 0.5) is 5.69 Å². The summed E-state index contributed by atoms with van der Waals surface area (Å²) < 4.78 is 6.41. The number of nitrogens with one attached hydrogen (secondary N) is 2. The molecule has 31 heavy (non-hydrogen) atoms. The zero-order chi connectivity index (χ0) is 22.4. The number of carbonyl (C=O) groups is 2. The third-order valence-corrected chi connectivity index (χ3v) is 5.60. The van der Waals surface area contributed by atoms with E-state index in [9.17, 15) is 9.59 Å². The fourth-order valence-electron chi connectivity index (χ4n) is 3.15. The van der Waals surface area contributed by atoms with E-state index in [0.29, 0.717) is 39.6 Å². The van der Waals surface area contributed by atoms with Crippen LogP contribution in [0.1, 0.15) is 47.4 Å². The minimum Gasteiger partial charge on any atom is -0.492 e. The van der Waals surface area contributed by atoms with Gasteiger partial charge in [0.25, 0.3) is 11.8 Å². The van der Waals surface area contributed by atoms with Gasteiger partial charge in [-0.3, -0.25) is 14.9 Å². The molecule has 0 radical (unpaired) electrons. The first-order chi connectivity index (χ1) is 14.8. The summed E-state index contributed by atoms with van der Waals surface area (Å²) in [7, 11) is 0. The Hall–Kier alpha value is -2.45. The number of rotatable bonds is 6. The van der Waals surface area contributed by atoms with Gasteiger partial charge in [0.1, 0.15) is 5.75 Å². The average Bonchev–Trinajstić information content (AvgIpc) is 3.27. The maximum Gasteiger partial charge on any atom is 0.257 e. The van der Waals surface area contributed by atoms with Gasteiger partial charge in [-0.05, 0) is 89.4 Å². The number of carbonyl (C=O) groups excluding carboxylic acids is 2. The molecule has 1 aliphatic rings. The fraction of sp³-hybridized carbons (Fsp3) is 0.348. The predicted molar refractivity (Wildman–Crippen MR) is 130 cm³/mol. The van der Waals surface area contributed by atoms with Crippen LogP contribution in [0.3, 0.4) is 0 Å². The van der Waals surface area contributed by atoms with E-state index < -0.39 is 0 Å². The number of hydrogen-bond donors (Lipinski definition) is 2. The zero-order valence-electron chi connectivity index (χ0n) is 17.6. The van der Waals surface area contributed by atoms with Gasteiger partial charge in [-0.2, -0.15) is 0 Å². The number of ether oxygens (including phenoxy) is 1. The third-order valence-electron chi connectivity index (χ3n) is 4.78. The van der Waals surface area contributed by atoms with Crippen molar-refractivity contribution >= 4 is 50.8 Å². The number of benzene rings is 2. The molecule has 1 aliphatic heterocycles. The smallest absolute Gasteiger partial charge is 0.257 e. The normalized spacial score (nSPS) is 13.2. The molecule has 2 N–H and O–H groups in total. The lowest BCUT2D eigenvalue weighted by Gasteiger charge is -2.15. The molecular formula is C23H26BrN3O3S. The molecule has 1 saturated heterocycles. The van der Waals surface area contributed by atoms with Crippen molar-refractivity contribution in [3.63, 3.8) is 0 Å². The summed E-state index contributed by atoms with van der Waals surface area (Å²) in [5.41, 5.74) is 1.80. The summed E-state index contributed by atoms with van der Waals surface area (Å²) in [5.74, 6) is 0.820. The molecule has 0 atom stereocenters. The Kier molecular flexibility index (Phi) is 8.03. The summed E-state index contributed by atoms with van der Waals surface area (Å²) in [5, 5.41) is 5.82. The number of anilines is 1. The van der Waals surface area contributed by atoms with Crippen LogP contribution in [0.2, 0.25) is 0 Å². The number of likely N-dealkylation sites (tertiary alicyclic amines) is 1. The van der Waals surface area contributed by atoms with E-state index in [1.165, 1.54) is 0 Å². The van der Waals surface area contributed by atoms with Crippen molar-refractivity contribution in [3.05, 3.63) is 58.1 Å². The van der Waals surface area contributed by atoms with Crippen molar-refractivity contribution < 1.29 is 14.3 Å². The molecule has 1 fully saturated rings. The topological polar surface area (TPSA) is 70.7 Å². The van der Waals surface area contributed by atoms with Gasteiger partial charge >= 0.3 is 0 Å². The van der Waals surface area contributed by atoms with Crippen LogP contribution in [-0.2, 0) is 0 Å². The first kappa shape index (κ1) is 23.2. The summed E-state index contributed by atoms with van der Waals surface area (Å²) in [6.07, 6.45) is 2.12. The number of halogens is 1. The number of nitrogens with zero attached hydrogens (tertiary/aromatic N) is 1. The molecule has 0 unspecified atom stereocenters. The number of hydrogen-bond acceptors (Lipinski definition) is 4. The maximum absolute atomic E-state index is 12.5. The van der Waals surface area contributed by atoms with Crippen molar-refractivity contribution in [1.82, 2.24) is 10.2 Å². The Morgan fingerprint density at radius 2 is 1.74 bits per heavy atom. The van der Waals surface area contributed by atoms with Gasteiger partial charge in [-0.25, -0.2) is 0 Å². The Morgan fingerprint density at radius 3 is 2.35 bits per heavy atom. The molecule has 0 saturated carbocycles. The molecule has 2 amide bonds. The van der Waals surface area contributed by atoms with Crippen molar-refractivity contribution in [2.75, 3.05) is 25.0 Å². The summed E-state index contributed by atoms with van der Waals surface area (Å²) >= 11 is 8.70. The third kappa shape index (κ3) is 6.51. The van der Waals surface area contributed by atoms with Gasteiger partial charge in [-0.1, -0.05) is 13.8 Å². The summed E-state index contributed by atoms with van der Waals surface area (Å²) in [4.78, 5) is 26.8. The molecule has 0 aliphatic carbocycles. The standard InChI is InChI=1S/C23H26BrN3O3S/c1-15(2)14-30-20-10-7-17(13-19(20)24)21(28)26-23(31)25-18-8-5-16(6-9-18)22(29)27-11-3-4-12-27/h5-10,13,15H,3-4,11-12,14H2,1-2H3,(H2,25,26,28,31). The lowest BCUT2D eigenvalue weighted by atomic mass is 10.2. The van der Waals surface area contributed by atoms with Crippen LogP contribution < -0.4 is 15.4 Å². The lowest BCUT2D eigenvalue weighted by Crippen LogP contribution is -2.34. The summed E-state index contributed by atoms with van der Waals surface area (Å²) in [6, 6.07) is 12.2. The Morgan fingerprint density at radius 1 is 1.10 bits per heavy atom. The highest BCUT2D eigenvalue weighted by molar-refractivity contribution is 9.10. The van der Waals surface area contributed by atoms with Crippen molar-refractivity contribution in [2.24, 2.45) is 5.92 Å². The Labute approximate surface area is 196 Å². The van der Waals surface area contributed by atoms with Crippen LogP contribution in [-0.4, -0.2) is 41.5 Å². The SMILES string of the molecule is CC(C)COc1ccc(C(=O)NC(=S)Nc2ccc(C(=O)N3CCCC3)cc2)cc1Br. The predicted octanol–water partition coefficient (Wildman–Crippen LogP) is 4.85. The molecule has 3 rings (SSSR count). The van der Waals surface area contributed by atoms with E-state index in [1.807, 2.05) is 4.90 Å². The second kappa shape index (κ2) is 10.7.